The highest BCUT2D eigenvalue weighted by atomic mass is 35.5. The van der Waals surface area contributed by atoms with E-state index < -0.39 is 37.3 Å². The fourth-order valence-electron chi connectivity index (χ4n) is 3.50. The van der Waals surface area contributed by atoms with Crippen molar-refractivity contribution in [1.29, 1.82) is 0 Å². The number of benzene rings is 2. The standard InChI is InChI=1S/C21H22ClNO7/c1-28-13-3-4-15-11(8-13)6-7-23(15)12-2-5-16(14(22)9-12)29-21-20(27)19(26)18(25)17(10-24)30-21/h2-9,17-21,24-27H,10H2,1H3/t17-,18-,19+,20+,21+/m1/s1. The lowest BCUT2D eigenvalue weighted by Crippen LogP contribution is -2.60. The molecule has 1 aliphatic rings. The number of fused-ring (bicyclic) bond motifs is 1. The summed E-state index contributed by atoms with van der Waals surface area (Å²) in [6, 6.07) is 12.8. The Morgan fingerprint density at radius 1 is 1.03 bits per heavy atom. The van der Waals surface area contributed by atoms with Crippen molar-refractivity contribution in [3.63, 3.8) is 0 Å². The molecule has 30 heavy (non-hydrogen) atoms. The summed E-state index contributed by atoms with van der Waals surface area (Å²) in [5, 5.41) is 40.5. The molecule has 2 heterocycles. The molecule has 9 heteroatoms. The molecule has 5 atom stereocenters. The van der Waals surface area contributed by atoms with Gasteiger partial charge in [0.25, 0.3) is 0 Å². The van der Waals surface area contributed by atoms with Gasteiger partial charge in [-0.2, -0.15) is 0 Å². The number of aromatic nitrogens is 1. The third-order valence-electron chi connectivity index (χ3n) is 5.18. The van der Waals surface area contributed by atoms with E-state index in [4.69, 9.17) is 25.8 Å². The van der Waals surface area contributed by atoms with E-state index in [1.165, 1.54) is 0 Å². The maximum absolute atomic E-state index is 10.1. The maximum atomic E-state index is 10.1. The van der Waals surface area contributed by atoms with Crippen LogP contribution < -0.4 is 9.47 Å². The van der Waals surface area contributed by atoms with E-state index in [1.807, 2.05) is 35.0 Å². The lowest BCUT2D eigenvalue weighted by molar-refractivity contribution is -0.277. The van der Waals surface area contributed by atoms with Crippen molar-refractivity contribution in [3.8, 4) is 17.2 Å². The fraction of sp³-hybridized carbons (Fsp3) is 0.333. The number of methoxy groups -OCH3 is 1. The minimum atomic E-state index is -1.53. The summed E-state index contributed by atoms with van der Waals surface area (Å²) >= 11 is 6.39. The smallest absolute Gasteiger partial charge is 0.229 e. The van der Waals surface area contributed by atoms with Crippen LogP contribution in [0.25, 0.3) is 16.6 Å². The van der Waals surface area contributed by atoms with Gasteiger partial charge in [-0.15, -0.1) is 0 Å². The molecule has 1 fully saturated rings. The van der Waals surface area contributed by atoms with E-state index in [1.54, 1.807) is 25.3 Å². The Balaban J connectivity index is 1.58. The van der Waals surface area contributed by atoms with Gasteiger partial charge in [-0.05, 0) is 42.5 Å². The minimum absolute atomic E-state index is 0.225. The van der Waals surface area contributed by atoms with Gasteiger partial charge >= 0.3 is 0 Å². The fourth-order valence-corrected chi connectivity index (χ4v) is 3.72. The number of rotatable bonds is 5. The normalized spacial score (nSPS) is 26.7. The molecule has 4 rings (SSSR count). The van der Waals surface area contributed by atoms with E-state index in [0.29, 0.717) is 0 Å². The van der Waals surface area contributed by atoms with Gasteiger partial charge in [0, 0.05) is 17.3 Å². The quantitative estimate of drug-likeness (QED) is 0.480. The van der Waals surface area contributed by atoms with Crippen LogP contribution in [-0.4, -0.2) is 69.4 Å². The first-order valence-electron chi connectivity index (χ1n) is 9.35. The first-order chi connectivity index (χ1) is 14.4. The van der Waals surface area contributed by atoms with Gasteiger partial charge in [-0.3, -0.25) is 0 Å². The number of aliphatic hydroxyl groups excluding tert-OH is 4. The molecule has 3 aromatic rings. The molecular formula is C21H22ClNO7. The van der Waals surface area contributed by atoms with Crippen molar-refractivity contribution in [2.45, 2.75) is 30.7 Å². The summed E-state index contributed by atoms with van der Waals surface area (Å²) in [7, 11) is 1.62. The number of halogens is 1. The Kier molecular flexibility index (Phi) is 5.88. The van der Waals surface area contributed by atoms with E-state index in [2.05, 4.69) is 0 Å². The molecule has 0 radical (unpaired) electrons. The summed E-state index contributed by atoms with van der Waals surface area (Å²) in [5.41, 5.74) is 1.76. The largest absolute Gasteiger partial charge is 0.497 e. The molecule has 160 valence electrons. The Morgan fingerprint density at radius 2 is 1.83 bits per heavy atom. The van der Waals surface area contributed by atoms with Gasteiger partial charge in [0.05, 0.1) is 24.3 Å². The van der Waals surface area contributed by atoms with Crippen molar-refractivity contribution in [2.24, 2.45) is 0 Å². The molecule has 0 amide bonds. The molecule has 1 aromatic heterocycles. The van der Waals surface area contributed by atoms with Crippen LogP contribution in [0.5, 0.6) is 11.5 Å². The molecule has 0 spiro atoms. The van der Waals surface area contributed by atoms with Crippen molar-refractivity contribution in [3.05, 3.63) is 53.7 Å². The van der Waals surface area contributed by atoms with Gasteiger partial charge in [0.1, 0.15) is 35.9 Å². The van der Waals surface area contributed by atoms with E-state index >= 15 is 0 Å². The Hall–Kier alpha value is -2.33. The molecule has 1 aliphatic heterocycles. The first kappa shape index (κ1) is 20.9. The van der Waals surface area contributed by atoms with Crippen molar-refractivity contribution in [1.82, 2.24) is 4.57 Å². The summed E-state index contributed by atoms with van der Waals surface area (Å²) in [5.74, 6) is 0.990. The van der Waals surface area contributed by atoms with Crippen molar-refractivity contribution < 1.29 is 34.6 Å². The highest BCUT2D eigenvalue weighted by Gasteiger charge is 2.44. The Labute approximate surface area is 177 Å². The second-order valence-corrected chi connectivity index (χ2v) is 7.45. The highest BCUT2D eigenvalue weighted by Crippen LogP contribution is 2.32. The zero-order valence-corrected chi connectivity index (χ0v) is 16.8. The van der Waals surface area contributed by atoms with Crippen molar-refractivity contribution >= 4 is 22.5 Å². The third kappa shape index (κ3) is 3.74. The number of hydrogen-bond acceptors (Lipinski definition) is 7. The van der Waals surface area contributed by atoms with Crippen LogP contribution in [0.2, 0.25) is 5.02 Å². The lowest BCUT2D eigenvalue weighted by Gasteiger charge is -2.39. The summed E-state index contributed by atoms with van der Waals surface area (Å²) < 4.78 is 18.2. The molecule has 0 saturated carbocycles. The molecular weight excluding hydrogens is 414 g/mol. The second kappa shape index (κ2) is 8.43. The molecule has 8 nitrogen and oxygen atoms in total. The molecule has 0 aliphatic carbocycles. The molecule has 0 unspecified atom stereocenters. The van der Waals surface area contributed by atoms with Crippen LogP contribution in [0.3, 0.4) is 0 Å². The maximum Gasteiger partial charge on any atom is 0.229 e. The van der Waals surface area contributed by atoms with Crippen LogP contribution in [0, 0.1) is 0 Å². The summed E-state index contributed by atoms with van der Waals surface area (Å²) in [6.45, 7) is -0.539. The van der Waals surface area contributed by atoms with Crippen LogP contribution >= 0.6 is 11.6 Å². The molecule has 2 aromatic carbocycles. The highest BCUT2D eigenvalue weighted by molar-refractivity contribution is 6.32. The zero-order valence-electron chi connectivity index (χ0n) is 16.1. The predicted molar refractivity (Wildman–Crippen MR) is 109 cm³/mol. The van der Waals surface area contributed by atoms with Gasteiger partial charge in [-0.1, -0.05) is 11.6 Å². The zero-order chi connectivity index (χ0) is 21.4. The van der Waals surface area contributed by atoms with E-state index in [9.17, 15) is 20.4 Å². The average molecular weight is 436 g/mol. The van der Waals surface area contributed by atoms with Gasteiger partial charge < -0.3 is 39.2 Å². The number of hydrogen-bond donors (Lipinski definition) is 4. The summed E-state index contributed by atoms with van der Waals surface area (Å²) in [6.07, 6.45) is -4.95. The van der Waals surface area contributed by atoms with Crippen molar-refractivity contribution in [2.75, 3.05) is 13.7 Å². The first-order valence-corrected chi connectivity index (χ1v) is 9.73. The van der Waals surface area contributed by atoms with Gasteiger partial charge in [0.2, 0.25) is 6.29 Å². The van der Waals surface area contributed by atoms with Gasteiger partial charge in [0.15, 0.2) is 0 Å². The minimum Gasteiger partial charge on any atom is -0.497 e. The molecule has 4 N–H and O–H groups in total. The summed E-state index contributed by atoms with van der Waals surface area (Å²) in [4.78, 5) is 0. The second-order valence-electron chi connectivity index (χ2n) is 7.04. The van der Waals surface area contributed by atoms with E-state index in [0.717, 1.165) is 22.3 Å². The van der Waals surface area contributed by atoms with E-state index in [-0.39, 0.29) is 10.8 Å². The topological polar surface area (TPSA) is 114 Å². The Morgan fingerprint density at radius 3 is 2.53 bits per heavy atom. The molecule has 1 saturated heterocycles. The number of aliphatic hydroxyl groups is 4. The number of nitrogens with zero attached hydrogens (tertiary/aromatic N) is 1. The van der Waals surface area contributed by atoms with Crippen LogP contribution in [-0.2, 0) is 4.74 Å². The Bertz CT molecular complexity index is 1040. The van der Waals surface area contributed by atoms with Gasteiger partial charge in [-0.25, -0.2) is 0 Å². The molecule has 0 bridgehead atoms. The monoisotopic (exact) mass is 435 g/mol. The van der Waals surface area contributed by atoms with Crippen LogP contribution in [0.15, 0.2) is 48.7 Å². The third-order valence-corrected chi connectivity index (χ3v) is 5.48. The van der Waals surface area contributed by atoms with Crippen LogP contribution in [0.4, 0.5) is 0 Å². The predicted octanol–water partition coefficient (Wildman–Crippen LogP) is 1.47. The van der Waals surface area contributed by atoms with Crippen LogP contribution in [0.1, 0.15) is 0 Å². The number of ether oxygens (including phenoxy) is 3. The average Bonchev–Trinajstić information content (AvgIpc) is 3.18. The SMILES string of the molecule is COc1ccc2c(ccn2-c2ccc(O[C@H]3O[C@H](CO)[C@@H](O)[C@H](O)[C@@H]3O)c(Cl)c2)c1. The lowest BCUT2D eigenvalue weighted by atomic mass is 9.99.